The molecule has 7 heteroatoms. The fourth-order valence-electron chi connectivity index (χ4n) is 0.733. The maximum Gasteiger partial charge on any atom is 0.573 e. The zero-order chi connectivity index (χ0) is 10.8. The Bertz CT molecular complexity index is 350. The number of hydrogen-bond donors (Lipinski definition) is 0. The van der Waals surface area contributed by atoms with E-state index >= 15 is 0 Å². The summed E-state index contributed by atoms with van der Waals surface area (Å²) in [5.41, 5.74) is -0.734. The summed E-state index contributed by atoms with van der Waals surface area (Å²) < 4.78 is 50.9. The van der Waals surface area contributed by atoms with Gasteiger partial charge in [-0.25, -0.2) is 4.98 Å². The first-order valence-corrected chi connectivity index (χ1v) is 3.30. The van der Waals surface area contributed by atoms with Gasteiger partial charge < -0.3 is 4.74 Å². The van der Waals surface area contributed by atoms with Crippen molar-refractivity contribution in [2.75, 3.05) is 0 Å². The maximum absolute atomic E-state index is 12.4. The van der Waals surface area contributed by atoms with Gasteiger partial charge in [-0.2, -0.15) is 4.39 Å². The summed E-state index contributed by atoms with van der Waals surface area (Å²) in [6, 6.07) is 1.34. The van der Waals surface area contributed by atoms with Gasteiger partial charge in [0, 0.05) is 0 Å². The van der Waals surface area contributed by atoms with Gasteiger partial charge in [-0.05, 0) is 12.1 Å². The third kappa shape index (κ3) is 2.68. The zero-order valence-corrected chi connectivity index (χ0v) is 6.51. The molecule has 3 nitrogen and oxygen atoms in total. The van der Waals surface area contributed by atoms with E-state index in [0.717, 1.165) is 0 Å². The van der Waals surface area contributed by atoms with E-state index in [0.29, 0.717) is 12.1 Å². The van der Waals surface area contributed by atoms with Crippen LogP contribution in [0, 0.1) is 5.95 Å². The second-order valence-electron chi connectivity index (χ2n) is 2.18. The van der Waals surface area contributed by atoms with E-state index < -0.39 is 23.8 Å². The first-order chi connectivity index (χ1) is 6.42. The van der Waals surface area contributed by atoms with E-state index in [2.05, 4.69) is 9.72 Å². The molecule has 0 N–H and O–H groups in total. The fourth-order valence-corrected chi connectivity index (χ4v) is 0.733. The molecular weight excluding hydrogens is 206 g/mol. The summed E-state index contributed by atoms with van der Waals surface area (Å²) in [5.74, 6) is -1.88. The molecule has 0 aliphatic carbocycles. The summed E-state index contributed by atoms with van der Waals surface area (Å²) in [6.45, 7) is 0. The normalized spacial score (nSPS) is 11.1. The lowest BCUT2D eigenvalue weighted by molar-refractivity contribution is -0.274. The molecule has 1 rings (SSSR count). The van der Waals surface area contributed by atoms with Crippen molar-refractivity contribution in [3.63, 3.8) is 0 Å². The molecule has 0 bridgehead atoms. The van der Waals surface area contributed by atoms with Crippen LogP contribution in [0.4, 0.5) is 17.6 Å². The summed E-state index contributed by atoms with van der Waals surface area (Å²) >= 11 is 0. The largest absolute Gasteiger partial charge is 0.573 e. The average molecular weight is 209 g/mol. The molecule has 1 aromatic rings. The number of aromatic nitrogens is 1. The number of carbonyl (C=O) groups excluding carboxylic acids is 1. The molecule has 76 valence electrons. The van der Waals surface area contributed by atoms with E-state index in [1.165, 1.54) is 0 Å². The van der Waals surface area contributed by atoms with E-state index in [4.69, 9.17) is 0 Å². The van der Waals surface area contributed by atoms with E-state index in [1.54, 1.807) is 0 Å². The van der Waals surface area contributed by atoms with Gasteiger partial charge in [0.15, 0.2) is 12.0 Å². The Morgan fingerprint density at radius 1 is 1.36 bits per heavy atom. The molecule has 0 saturated heterocycles. The van der Waals surface area contributed by atoms with Crippen LogP contribution in [0.5, 0.6) is 5.75 Å². The summed E-state index contributed by atoms with van der Waals surface area (Å²) in [5, 5.41) is 0. The molecule has 0 radical (unpaired) electrons. The van der Waals surface area contributed by atoms with Crippen molar-refractivity contribution in [2.45, 2.75) is 6.36 Å². The number of alkyl halides is 3. The summed E-state index contributed by atoms with van der Waals surface area (Å²) in [7, 11) is 0. The number of carbonyl (C=O) groups is 1. The number of rotatable bonds is 2. The number of nitrogens with zero attached hydrogens (tertiary/aromatic N) is 1. The lowest BCUT2D eigenvalue weighted by Gasteiger charge is -2.09. The number of hydrogen-bond acceptors (Lipinski definition) is 3. The topological polar surface area (TPSA) is 39.2 Å². The van der Waals surface area contributed by atoms with Crippen LogP contribution >= 0.6 is 0 Å². The fraction of sp³-hybridized carbons (Fsp3) is 0.143. The molecule has 1 heterocycles. The monoisotopic (exact) mass is 209 g/mol. The molecule has 0 unspecified atom stereocenters. The molecule has 0 fully saturated rings. The number of pyridine rings is 1. The number of halogens is 4. The van der Waals surface area contributed by atoms with Crippen LogP contribution in [-0.4, -0.2) is 17.6 Å². The lowest BCUT2D eigenvalue weighted by atomic mass is 10.3. The third-order valence-electron chi connectivity index (χ3n) is 1.19. The van der Waals surface area contributed by atoms with Gasteiger partial charge in [0.25, 0.3) is 0 Å². The van der Waals surface area contributed by atoms with Crippen molar-refractivity contribution in [3.8, 4) is 5.75 Å². The van der Waals surface area contributed by atoms with Gasteiger partial charge >= 0.3 is 6.36 Å². The Morgan fingerprint density at radius 3 is 2.50 bits per heavy atom. The highest BCUT2D eigenvalue weighted by atomic mass is 19.4. The van der Waals surface area contributed by atoms with Gasteiger partial charge in [0.1, 0.15) is 5.69 Å². The number of aldehydes is 1. The molecule has 0 atom stereocenters. The third-order valence-corrected chi connectivity index (χ3v) is 1.19. The quantitative estimate of drug-likeness (QED) is 0.424. The molecule has 0 aliphatic rings. The minimum Gasteiger partial charge on any atom is -0.403 e. The first kappa shape index (κ1) is 10.4. The molecule has 0 aliphatic heterocycles. The van der Waals surface area contributed by atoms with Crippen molar-refractivity contribution < 1.29 is 27.1 Å². The molecule has 1 aromatic heterocycles. The van der Waals surface area contributed by atoms with Gasteiger partial charge in [-0.3, -0.25) is 4.79 Å². The van der Waals surface area contributed by atoms with Crippen molar-refractivity contribution in [2.24, 2.45) is 0 Å². The SMILES string of the molecule is O=Cc1nc(F)ccc1OC(F)(F)F. The Balaban J connectivity index is 3.03. The van der Waals surface area contributed by atoms with Gasteiger partial charge in [-0.15, -0.1) is 13.2 Å². The van der Waals surface area contributed by atoms with Crippen molar-refractivity contribution in [1.82, 2.24) is 4.98 Å². The van der Waals surface area contributed by atoms with Gasteiger partial charge in [-0.1, -0.05) is 0 Å². The van der Waals surface area contributed by atoms with Crippen LogP contribution in [0.15, 0.2) is 12.1 Å². The van der Waals surface area contributed by atoms with Crippen molar-refractivity contribution >= 4 is 6.29 Å². The average Bonchev–Trinajstić information content (AvgIpc) is 2.06. The van der Waals surface area contributed by atoms with Gasteiger partial charge in [0.2, 0.25) is 5.95 Å². The summed E-state index contributed by atoms with van der Waals surface area (Å²) in [4.78, 5) is 13.1. The Kier molecular flexibility index (Phi) is 2.68. The highest BCUT2D eigenvalue weighted by Crippen LogP contribution is 2.24. The zero-order valence-electron chi connectivity index (χ0n) is 6.51. The van der Waals surface area contributed by atoms with Crippen LogP contribution in [0.1, 0.15) is 10.5 Å². The van der Waals surface area contributed by atoms with Crippen molar-refractivity contribution in [1.29, 1.82) is 0 Å². The Morgan fingerprint density at radius 2 is 2.00 bits per heavy atom. The minimum absolute atomic E-state index is 0.0237. The lowest BCUT2D eigenvalue weighted by Crippen LogP contribution is -2.18. The molecule has 0 spiro atoms. The summed E-state index contributed by atoms with van der Waals surface area (Å²) in [6.07, 6.45) is -4.96. The molecule has 0 aromatic carbocycles. The highest BCUT2D eigenvalue weighted by molar-refractivity contribution is 5.76. The van der Waals surface area contributed by atoms with Crippen LogP contribution in [0.25, 0.3) is 0 Å². The number of ether oxygens (including phenoxy) is 1. The van der Waals surface area contributed by atoms with Crippen LogP contribution < -0.4 is 4.74 Å². The predicted molar refractivity (Wildman–Crippen MR) is 36.3 cm³/mol. The standard InChI is InChI=1S/C7H3F4NO2/c8-6-2-1-5(4(3-13)12-6)14-7(9,10)11/h1-3H. The van der Waals surface area contributed by atoms with Crippen LogP contribution in [-0.2, 0) is 0 Å². The van der Waals surface area contributed by atoms with Crippen LogP contribution in [0.2, 0.25) is 0 Å². The molecule has 0 amide bonds. The maximum atomic E-state index is 12.4. The van der Waals surface area contributed by atoms with Crippen molar-refractivity contribution in [3.05, 3.63) is 23.8 Å². The smallest absolute Gasteiger partial charge is 0.403 e. The van der Waals surface area contributed by atoms with E-state index in [9.17, 15) is 22.4 Å². The molecule has 0 saturated carbocycles. The molecular formula is C7H3F4NO2. The van der Waals surface area contributed by atoms with Crippen LogP contribution in [0.3, 0.4) is 0 Å². The van der Waals surface area contributed by atoms with Gasteiger partial charge in [0.05, 0.1) is 0 Å². The van der Waals surface area contributed by atoms with E-state index in [1.807, 2.05) is 0 Å². The second kappa shape index (κ2) is 3.60. The first-order valence-electron chi connectivity index (χ1n) is 3.30. The molecule has 14 heavy (non-hydrogen) atoms. The minimum atomic E-state index is -4.93. The Hall–Kier alpha value is -1.66. The Labute approximate surface area is 75.3 Å². The second-order valence-corrected chi connectivity index (χ2v) is 2.18. The predicted octanol–water partition coefficient (Wildman–Crippen LogP) is 1.93. The van der Waals surface area contributed by atoms with E-state index in [-0.39, 0.29) is 6.29 Å². The highest BCUT2D eigenvalue weighted by Gasteiger charge is 2.32.